The van der Waals surface area contributed by atoms with Gasteiger partial charge in [0.05, 0.1) is 4.90 Å². The summed E-state index contributed by atoms with van der Waals surface area (Å²) in [4.78, 5) is 0.800. The monoisotopic (exact) mass is 466 g/mol. The molecule has 0 saturated carbocycles. The SMILES string of the molecule is Cc1ccc(S(=O)(=O)O)cc1.Oc1ccc(-c2cccc(S)c2-c2ccc(O)cc2)cc1. The number of aryl methyl sites for hydroxylation is 1. The van der Waals surface area contributed by atoms with Crippen LogP contribution in [0.3, 0.4) is 0 Å². The van der Waals surface area contributed by atoms with Crippen molar-refractivity contribution in [2.75, 3.05) is 0 Å². The zero-order chi connectivity index (χ0) is 23.3. The van der Waals surface area contributed by atoms with Crippen LogP contribution in [0.4, 0.5) is 0 Å². The van der Waals surface area contributed by atoms with Gasteiger partial charge in [-0.05, 0) is 66.1 Å². The molecule has 32 heavy (non-hydrogen) atoms. The molecule has 0 unspecified atom stereocenters. The van der Waals surface area contributed by atoms with Gasteiger partial charge in [0, 0.05) is 10.5 Å². The molecule has 0 aliphatic carbocycles. The summed E-state index contributed by atoms with van der Waals surface area (Å²) in [5.74, 6) is 0.480. The van der Waals surface area contributed by atoms with Crippen molar-refractivity contribution in [3.05, 3.63) is 96.6 Å². The highest BCUT2D eigenvalue weighted by Gasteiger charge is 2.11. The molecule has 0 saturated heterocycles. The second-order valence-corrected chi connectivity index (χ2v) is 8.98. The summed E-state index contributed by atoms with van der Waals surface area (Å²) in [5, 5.41) is 18.9. The maximum Gasteiger partial charge on any atom is 0.294 e. The summed E-state index contributed by atoms with van der Waals surface area (Å²) in [5.41, 5.74) is 4.99. The van der Waals surface area contributed by atoms with Gasteiger partial charge in [-0.15, -0.1) is 12.6 Å². The topological polar surface area (TPSA) is 94.8 Å². The van der Waals surface area contributed by atoms with Crippen molar-refractivity contribution in [2.45, 2.75) is 16.7 Å². The molecule has 4 aromatic rings. The zero-order valence-electron chi connectivity index (χ0n) is 17.2. The molecule has 7 heteroatoms. The lowest BCUT2D eigenvalue weighted by atomic mass is 9.94. The maximum absolute atomic E-state index is 10.5. The molecule has 5 nitrogen and oxygen atoms in total. The van der Waals surface area contributed by atoms with E-state index < -0.39 is 10.1 Å². The highest BCUT2D eigenvalue weighted by atomic mass is 32.2. The smallest absolute Gasteiger partial charge is 0.294 e. The van der Waals surface area contributed by atoms with Crippen LogP contribution >= 0.6 is 12.6 Å². The van der Waals surface area contributed by atoms with Crippen LogP contribution in [-0.4, -0.2) is 23.2 Å². The largest absolute Gasteiger partial charge is 0.508 e. The molecule has 0 amide bonds. The van der Waals surface area contributed by atoms with Crippen molar-refractivity contribution in [1.82, 2.24) is 0 Å². The Labute approximate surface area is 192 Å². The van der Waals surface area contributed by atoms with E-state index in [1.807, 2.05) is 49.4 Å². The van der Waals surface area contributed by atoms with Gasteiger partial charge in [-0.1, -0.05) is 54.1 Å². The third kappa shape index (κ3) is 5.91. The first-order chi connectivity index (χ1) is 15.1. The predicted octanol–water partition coefficient (Wildman–Crippen LogP) is 5.96. The number of hydrogen-bond acceptors (Lipinski definition) is 5. The lowest BCUT2D eigenvalue weighted by molar-refractivity contribution is 0.475. The molecule has 4 rings (SSSR count). The predicted molar refractivity (Wildman–Crippen MR) is 129 cm³/mol. The molecule has 0 aliphatic heterocycles. The van der Waals surface area contributed by atoms with Crippen LogP contribution in [-0.2, 0) is 10.1 Å². The van der Waals surface area contributed by atoms with Gasteiger partial charge >= 0.3 is 0 Å². The fourth-order valence-corrected chi connectivity index (χ4v) is 3.88. The van der Waals surface area contributed by atoms with Gasteiger partial charge < -0.3 is 10.2 Å². The van der Waals surface area contributed by atoms with Crippen molar-refractivity contribution in [3.63, 3.8) is 0 Å². The molecule has 0 radical (unpaired) electrons. The minimum Gasteiger partial charge on any atom is -0.508 e. The molecule has 0 bridgehead atoms. The van der Waals surface area contributed by atoms with E-state index in [2.05, 4.69) is 12.6 Å². The van der Waals surface area contributed by atoms with E-state index in [4.69, 9.17) is 4.55 Å². The summed E-state index contributed by atoms with van der Waals surface area (Å²) >= 11 is 4.56. The number of thiol groups is 1. The maximum atomic E-state index is 10.5. The molecule has 0 aromatic heterocycles. The van der Waals surface area contributed by atoms with E-state index in [-0.39, 0.29) is 16.4 Å². The number of hydrogen-bond donors (Lipinski definition) is 4. The first-order valence-corrected chi connectivity index (χ1v) is 11.5. The number of benzene rings is 4. The van der Waals surface area contributed by atoms with E-state index in [1.54, 1.807) is 36.4 Å². The summed E-state index contributed by atoms with van der Waals surface area (Å²) in [6.07, 6.45) is 0. The highest BCUT2D eigenvalue weighted by Crippen LogP contribution is 2.37. The second-order valence-electron chi connectivity index (χ2n) is 7.08. The van der Waals surface area contributed by atoms with E-state index >= 15 is 0 Å². The van der Waals surface area contributed by atoms with Crippen molar-refractivity contribution in [2.24, 2.45) is 0 Å². The van der Waals surface area contributed by atoms with Crippen molar-refractivity contribution < 1.29 is 23.2 Å². The van der Waals surface area contributed by atoms with Crippen molar-refractivity contribution >= 4 is 22.7 Å². The van der Waals surface area contributed by atoms with Gasteiger partial charge in [0.25, 0.3) is 10.1 Å². The minimum atomic E-state index is -4.02. The Morgan fingerprint density at radius 2 is 1.19 bits per heavy atom. The summed E-state index contributed by atoms with van der Waals surface area (Å²) in [7, 11) is -4.02. The third-order valence-corrected chi connectivity index (χ3v) is 5.94. The number of phenols is 2. The molecule has 0 fully saturated rings. The van der Waals surface area contributed by atoms with E-state index in [0.29, 0.717) is 0 Å². The Morgan fingerprint density at radius 1 is 0.688 bits per heavy atom. The van der Waals surface area contributed by atoms with Crippen molar-refractivity contribution in [3.8, 4) is 33.8 Å². The average Bonchev–Trinajstić information content (AvgIpc) is 2.75. The molecule has 0 heterocycles. The standard InChI is InChI=1S/C18H14O2S.C7H8O3S/c19-14-8-4-12(5-9-14)16-2-1-3-17(21)18(16)13-6-10-15(20)11-7-13;1-6-2-4-7(5-3-6)11(8,9)10/h1-11,19-21H;2-5H,1H3,(H,8,9,10). The lowest BCUT2D eigenvalue weighted by Crippen LogP contribution is -1.96. The van der Waals surface area contributed by atoms with Gasteiger partial charge in [0.1, 0.15) is 11.5 Å². The van der Waals surface area contributed by atoms with Crippen LogP contribution in [0, 0.1) is 6.92 Å². The van der Waals surface area contributed by atoms with E-state index in [0.717, 1.165) is 32.7 Å². The van der Waals surface area contributed by atoms with Crippen LogP contribution in [0.2, 0.25) is 0 Å². The van der Waals surface area contributed by atoms with Crippen molar-refractivity contribution in [1.29, 1.82) is 0 Å². The van der Waals surface area contributed by atoms with Crippen LogP contribution < -0.4 is 0 Å². The van der Waals surface area contributed by atoms with Gasteiger partial charge in [0.15, 0.2) is 0 Å². The summed E-state index contributed by atoms with van der Waals surface area (Å²) in [6, 6.07) is 26.1. The van der Waals surface area contributed by atoms with E-state index in [9.17, 15) is 18.6 Å². The molecular formula is C25H22O5S2. The average molecular weight is 467 g/mol. The zero-order valence-corrected chi connectivity index (χ0v) is 18.9. The highest BCUT2D eigenvalue weighted by molar-refractivity contribution is 7.85. The quantitative estimate of drug-likeness (QED) is 0.221. The van der Waals surface area contributed by atoms with Gasteiger partial charge in [0.2, 0.25) is 0 Å². The number of aromatic hydroxyl groups is 2. The fraction of sp³-hybridized carbons (Fsp3) is 0.0400. The summed E-state index contributed by atoms with van der Waals surface area (Å²) in [6.45, 7) is 1.84. The molecule has 0 atom stereocenters. The Kier molecular flexibility index (Phi) is 7.25. The Morgan fingerprint density at radius 3 is 1.69 bits per heavy atom. The summed E-state index contributed by atoms with van der Waals surface area (Å²) < 4.78 is 29.6. The van der Waals surface area contributed by atoms with Crippen LogP contribution in [0.1, 0.15) is 5.56 Å². The van der Waals surface area contributed by atoms with Gasteiger partial charge in [-0.2, -0.15) is 8.42 Å². The normalized spacial score (nSPS) is 10.8. The molecule has 3 N–H and O–H groups in total. The molecule has 4 aromatic carbocycles. The number of phenolic OH excluding ortho intramolecular Hbond substituents is 2. The Hall–Kier alpha value is -3.26. The van der Waals surface area contributed by atoms with Crippen LogP contribution in [0.15, 0.2) is 101 Å². The van der Waals surface area contributed by atoms with Gasteiger partial charge in [-0.3, -0.25) is 4.55 Å². The molecule has 164 valence electrons. The lowest BCUT2D eigenvalue weighted by Gasteiger charge is -2.13. The first-order valence-electron chi connectivity index (χ1n) is 9.60. The van der Waals surface area contributed by atoms with Crippen LogP contribution in [0.25, 0.3) is 22.3 Å². The van der Waals surface area contributed by atoms with E-state index in [1.165, 1.54) is 12.1 Å². The van der Waals surface area contributed by atoms with Gasteiger partial charge in [-0.25, -0.2) is 0 Å². The first kappa shape index (κ1) is 23.4. The Bertz CT molecular complexity index is 1300. The molecular weight excluding hydrogens is 444 g/mol. The Balaban J connectivity index is 0.000000222. The molecule has 0 spiro atoms. The fourth-order valence-electron chi connectivity index (χ4n) is 3.06. The number of rotatable bonds is 3. The molecule has 0 aliphatic rings. The third-order valence-electron chi connectivity index (χ3n) is 4.70. The van der Waals surface area contributed by atoms with Crippen LogP contribution in [0.5, 0.6) is 11.5 Å². The minimum absolute atomic E-state index is 0.0666. The second kappa shape index (κ2) is 9.91.